The Kier molecular flexibility index (Phi) is 16.0. The number of carbonyl (C=O) groups excluding carboxylic acids is 1. The zero-order chi connectivity index (χ0) is 15.9. The first-order chi connectivity index (χ1) is 9.45. The lowest BCUT2D eigenvalue weighted by Gasteiger charge is -2.31. The Morgan fingerprint density at radius 1 is 1.05 bits per heavy atom. The van der Waals surface area contributed by atoms with Gasteiger partial charge in [-0.15, -0.1) is 0 Å². The minimum Gasteiger partial charge on any atom is -0.550 e. The van der Waals surface area contributed by atoms with E-state index in [0.29, 0.717) is 0 Å². The van der Waals surface area contributed by atoms with Crippen molar-refractivity contribution in [3.8, 4) is 0 Å². The summed E-state index contributed by atoms with van der Waals surface area (Å²) < 4.78 is 6.44. The molecule has 0 aliphatic carbocycles. The Morgan fingerprint density at radius 2 is 1.65 bits per heavy atom. The second kappa shape index (κ2) is 14.8. The van der Waals surface area contributed by atoms with Crippen LogP contribution >= 0.6 is 0 Å². The predicted octanol–water partition coefficient (Wildman–Crippen LogP) is 2.22. The monoisotopic (exact) mass is 289 g/mol. The van der Waals surface area contributed by atoms with Crippen LogP contribution in [-0.2, 0) is 9.53 Å². The van der Waals surface area contributed by atoms with E-state index in [4.69, 9.17) is 4.74 Å². The van der Waals surface area contributed by atoms with Crippen LogP contribution in [0.2, 0.25) is 0 Å². The molecule has 0 spiro atoms. The fourth-order valence-electron chi connectivity index (χ4n) is 1.67. The summed E-state index contributed by atoms with van der Waals surface area (Å²) in [4.78, 5) is 9.85. The zero-order valence-corrected chi connectivity index (χ0v) is 14.2. The first-order valence-electron chi connectivity index (χ1n) is 8.06. The summed E-state index contributed by atoms with van der Waals surface area (Å²) >= 11 is 0. The Morgan fingerprint density at radius 3 is 2.05 bits per heavy atom. The fraction of sp³-hybridized carbons (Fsp3) is 0.938. The highest BCUT2D eigenvalue weighted by Crippen LogP contribution is 2.01. The molecule has 0 radical (unpaired) electrons. The van der Waals surface area contributed by atoms with Gasteiger partial charge in [-0.05, 0) is 33.6 Å². The number of carbonyl (C=O) groups is 1. The Hall–Kier alpha value is -0.610. The first-order valence-corrected chi connectivity index (χ1v) is 8.06. The van der Waals surface area contributed by atoms with Crippen LogP contribution in [0.3, 0.4) is 0 Å². The highest BCUT2D eigenvalue weighted by Gasteiger charge is 2.14. The van der Waals surface area contributed by atoms with E-state index in [0.717, 1.165) is 49.9 Å². The van der Waals surface area contributed by atoms with Crippen LogP contribution in [0.5, 0.6) is 0 Å². The van der Waals surface area contributed by atoms with Gasteiger partial charge in [0.25, 0.3) is 0 Å². The number of likely N-dealkylation sites (N-methyl/N-ethyl adjacent to an activating group) is 1. The molecule has 0 aliphatic rings. The van der Waals surface area contributed by atoms with Gasteiger partial charge in [0.05, 0.1) is 26.7 Å². The molecule has 0 atom stereocenters. The Bertz CT molecular complexity index is 216. The lowest BCUT2D eigenvalue weighted by atomic mass is 10.2. The van der Waals surface area contributed by atoms with E-state index in [1.165, 1.54) is 13.1 Å². The van der Waals surface area contributed by atoms with E-state index >= 15 is 0 Å². The van der Waals surface area contributed by atoms with Gasteiger partial charge in [0.2, 0.25) is 0 Å². The van der Waals surface area contributed by atoms with Crippen LogP contribution in [0, 0.1) is 0 Å². The number of aliphatic carboxylic acids is 1. The maximum atomic E-state index is 9.85. The molecule has 0 saturated heterocycles. The van der Waals surface area contributed by atoms with E-state index in [9.17, 15) is 9.90 Å². The summed E-state index contributed by atoms with van der Waals surface area (Å²) in [7, 11) is 2.28. The molecule has 0 saturated carbocycles. The molecule has 0 heterocycles. The van der Waals surface area contributed by atoms with Crippen molar-refractivity contribution in [3.05, 3.63) is 0 Å². The van der Waals surface area contributed by atoms with Gasteiger partial charge in [0.1, 0.15) is 6.54 Å². The van der Waals surface area contributed by atoms with Crippen LogP contribution in [-0.4, -0.2) is 50.3 Å². The number of hydrogen-bond acceptors (Lipinski definition) is 3. The van der Waals surface area contributed by atoms with Crippen molar-refractivity contribution < 1.29 is 19.1 Å². The molecule has 0 rings (SSSR count). The SMILES string of the molecule is CCCCCCC(=O)[O-].CCOCC[N+](C)(CC)CC. The lowest BCUT2D eigenvalue weighted by molar-refractivity contribution is -0.906. The van der Waals surface area contributed by atoms with Gasteiger partial charge < -0.3 is 19.1 Å². The van der Waals surface area contributed by atoms with Gasteiger partial charge in [0, 0.05) is 12.6 Å². The van der Waals surface area contributed by atoms with Crippen LogP contribution in [0.1, 0.15) is 59.8 Å². The molecule has 0 aliphatic heterocycles. The molecule has 4 heteroatoms. The van der Waals surface area contributed by atoms with Crippen molar-refractivity contribution in [3.63, 3.8) is 0 Å². The van der Waals surface area contributed by atoms with Gasteiger partial charge in [-0.3, -0.25) is 0 Å². The van der Waals surface area contributed by atoms with Crippen molar-refractivity contribution in [2.75, 3.05) is 39.9 Å². The van der Waals surface area contributed by atoms with E-state index in [2.05, 4.69) is 27.8 Å². The molecule has 0 bridgehead atoms. The van der Waals surface area contributed by atoms with Gasteiger partial charge in [-0.2, -0.15) is 0 Å². The molecule has 4 nitrogen and oxygen atoms in total. The van der Waals surface area contributed by atoms with Crippen molar-refractivity contribution in [2.24, 2.45) is 0 Å². The number of nitrogens with zero attached hydrogens (tertiary/aromatic N) is 1. The van der Waals surface area contributed by atoms with Crippen molar-refractivity contribution >= 4 is 5.97 Å². The Labute approximate surface area is 125 Å². The summed E-state index contributed by atoms with van der Waals surface area (Å²) in [5, 5.41) is 9.85. The average Bonchev–Trinajstić information content (AvgIpc) is 2.44. The fourth-order valence-corrected chi connectivity index (χ4v) is 1.67. The topological polar surface area (TPSA) is 49.4 Å². The Balaban J connectivity index is 0. The number of unbranched alkanes of at least 4 members (excludes halogenated alkanes) is 3. The highest BCUT2D eigenvalue weighted by molar-refractivity contribution is 5.63. The van der Waals surface area contributed by atoms with Crippen molar-refractivity contribution in [1.29, 1.82) is 0 Å². The molecule has 0 aromatic heterocycles. The second-order valence-corrected chi connectivity index (χ2v) is 5.36. The summed E-state index contributed by atoms with van der Waals surface area (Å²) in [6.45, 7) is 13.9. The number of quaternary nitrogens is 1. The minimum absolute atomic E-state index is 0.222. The summed E-state index contributed by atoms with van der Waals surface area (Å²) in [6.07, 6.45) is 4.29. The molecule has 0 fully saturated rings. The maximum absolute atomic E-state index is 9.85. The quantitative estimate of drug-likeness (QED) is 0.433. The van der Waals surface area contributed by atoms with Crippen molar-refractivity contribution in [2.45, 2.75) is 59.8 Å². The molecule has 0 aromatic carbocycles. The minimum atomic E-state index is -0.925. The number of carboxylic acid groups (broad SMARTS) is 1. The standard InChI is InChI=1S/C9H22NO.C7H14O2/c1-5-10(4,6-2)8-9-11-7-3;1-2-3-4-5-6-7(8)9/h5-9H2,1-4H3;2-6H2,1H3,(H,8,9)/q+1;/p-1. The number of rotatable bonds is 11. The highest BCUT2D eigenvalue weighted by atomic mass is 16.5. The van der Waals surface area contributed by atoms with Crippen LogP contribution < -0.4 is 5.11 Å². The number of ether oxygens (including phenoxy) is 1. The molecule has 0 unspecified atom stereocenters. The summed E-state index contributed by atoms with van der Waals surface area (Å²) in [6, 6.07) is 0. The van der Waals surface area contributed by atoms with Crippen LogP contribution in [0.4, 0.5) is 0 Å². The van der Waals surface area contributed by atoms with Gasteiger partial charge in [-0.1, -0.05) is 26.2 Å². The smallest absolute Gasteiger partial charge is 0.102 e. The van der Waals surface area contributed by atoms with Gasteiger partial charge in [0.15, 0.2) is 0 Å². The molecule has 20 heavy (non-hydrogen) atoms. The third-order valence-corrected chi connectivity index (χ3v) is 3.74. The molecule has 0 amide bonds. The molecular formula is C16H35NO3. The van der Waals surface area contributed by atoms with Crippen molar-refractivity contribution in [1.82, 2.24) is 0 Å². The zero-order valence-electron chi connectivity index (χ0n) is 14.2. The van der Waals surface area contributed by atoms with E-state index in [-0.39, 0.29) is 6.42 Å². The predicted molar refractivity (Wildman–Crippen MR) is 82.4 cm³/mol. The molecule has 0 N–H and O–H groups in total. The molecule has 0 aromatic rings. The van der Waals surface area contributed by atoms with E-state index in [1.807, 2.05) is 6.92 Å². The summed E-state index contributed by atoms with van der Waals surface area (Å²) in [5.41, 5.74) is 0. The normalized spacial score (nSPS) is 10.8. The first kappa shape index (κ1) is 21.7. The number of carboxylic acids is 1. The van der Waals surface area contributed by atoms with Crippen LogP contribution in [0.15, 0.2) is 0 Å². The van der Waals surface area contributed by atoms with Crippen LogP contribution in [0.25, 0.3) is 0 Å². The third kappa shape index (κ3) is 15.4. The third-order valence-electron chi connectivity index (χ3n) is 3.74. The molecule has 122 valence electrons. The average molecular weight is 289 g/mol. The van der Waals surface area contributed by atoms with E-state index in [1.54, 1.807) is 0 Å². The maximum Gasteiger partial charge on any atom is 0.102 e. The second-order valence-electron chi connectivity index (χ2n) is 5.36. The van der Waals surface area contributed by atoms with Gasteiger partial charge in [-0.25, -0.2) is 0 Å². The summed E-state index contributed by atoms with van der Waals surface area (Å²) in [5.74, 6) is -0.925. The van der Waals surface area contributed by atoms with E-state index < -0.39 is 5.97 Å². The molecular weight excluding hydrogens is 254 g/mol. The lowest BCUT2D eigenvalue weighted by Crippen LogP contribution is -2.45. The number of hydrogen-bond donors (Lipinski definition) is 0. The van der Waals surface area contributed by atoms with Gasteiger partial charge >= 0.3 is 0 Å². The largest absolute Gasteiger partial charge is 0.550 e.